The summed E-state index contributed by atoms with van der Waals surface area (Å²) < 4.78 is 0. The number of nitrogens with one attached hydrogen (secondary N) is 1. The van der Waals surface area contributed by atoms with Crippen molar-refractivity contribution in [2.24, 2.45) is 0 Å². The van der Waals surface area contributed by atoms with E-state index in [1.54, 1.807) is 19.1 Å². The van der Waals surface area contributed by atoms with E-state index in [0.717, 1.165) is 32.5 Å². The van der Waals surface area contributed by atoms with Crippen LogP contribution in [0.2, 0.25) is 0 Å². The normalized spacial score (nSPS) is 15.5. The number of nitrogens with zero attached hydrogens (tertiary/aromatic N) is 2. The summed E-state index contributed by atoms with van der Waals surface area (Å²) in [5.74, 6) is -0.228. The number of hydrogen-bond donors (Lipinski definition) is 1. The molecule has 0 aliphatic carbocycles. The van der Waals surface area contributed by atoms with Crippen molar-refractivity contribution < 1.29 is 9.72 Å². The summed E-state index contributed by atoms with van der Waals surface area (Å²) in [7, 11) is 0. The highest BCUT2D eigenvalue weighted by Crippen LogP contribution is 2.22. The van der Waals surface area contributed by atoms with Crippen LogP contribution in [0.3, 0.4) is 0 Å². The van der Waals surface area contributed by atoms with Crippen molar-refractivity contribution in [1.82, 2.24) is 10.2 Å². The third kappa shape index (κ3) is 4.71. The molecule has 0 aromatic heterocycles. The van der Waals surface area contributed by atoms with E-state index in [1.165, 1.54) is 17.2 Å². The molecule has 2 aromatic carbocycles. The van der Waals surface area contributed by atoms with E-state index in [0.29, 0.717) is 11.1 Å². The van der Waals surface area contributed by atoms with Crippen LogP contribution in [0.4, 0.5) is 5.69 Å². The highest BCUT2D eigenvalue weighted by molar-refractivity contribution is 5.96. The molecule has 2 aromatic rings. The van der Waals surface area contributed by atoms with Crippen LogP contribution in [0.5, 0.6) is 0 Å². The Morgan fingerprint density at radius 3 is 2.56 bits per heavy atom. The van der Waals surface area contributed by atoms with Crippen LogP contribution in [-0.2, 0) is 6.54 Å². The van der Waals surface area contributed by atoms with Crippen LogP contribution in [0, 0.1) is 24.0 Å². The number of nitro benzene ring substituents is 1. The first-order chi connectivity index (χ1) is 12.9. The molecule has 0 unspecified atom stereocenters. The summed E-state index contributed by atoms with van der Waals surface area (Å²) in [4.78, 5) is 25.6. The molecule has 1 aliphatic rings. The zero-order valence-corrected chi connectivity index (χ0v) is 15.8. The van der Waals surface area contributed by atoms with E-state index in [2.05, 4.69) is 41.4 Å². The predicted octanol–water partition coefficient (Wildman–Crippen LogP) is 3.61. The summed E-state index contributed by atoms with van der Waals surface area (Å²) in [6.45, 7) is 6.49. The van der Waals surface area contributed by atoms with Crippen LogP contribution >= 0.6 is 0 Å². The molecular weight excluding hydrogens is 342 g/mol. The number of likely N-dealkylation sites (tertiary alicyclic amines) is 1. The van der Waals surface area contributed by atoms with Gasteiger partial charge in [-0.15, -0.1) is 0 Å². The molecule has 1 aliphatic heterocycles. The molecule has 1 amide bonds. The molecule has 1 heterocycles. The Morgan fingerprint density at radius 2 is 1.89 bits per heavy atom. The summed E-state index contributed by atoms with van der Waals surface area (Å²) in [5.41, 5.74) is 3.35. The highest BCUT2D eigenvalue weighted by atomic mass is 16.6. The Labute approximate surface area is 159 Å². The monoisotopic (exact) mass is 367 g/mol. The average Bonchev–Trinajstić information content (AvgIpc) is 2.63. The predicted molar refractivity (Wildman–Crippen MR) is 105 cm³/mol. The lowest BCUT2D eigenvalue weighted by molar-refractivity contribution is -0.385. The molecule has 1 N–H and O–H groups in total. The van der Waals surface area contributed by atoms with Gasteiger partial charge in [-0.3, -0.25) is 19.8 Å². The third-order valence-corrected chi connectivity index (χ3v) is 5.16. The van der Waals surface area contributed by atoms with E-state index in [9.17, 15) is 14.9 Å². The van der Waals surface area contributed by atoms with Gasteiger partial charge < -0.3 is 5.32 Å². The fourth-order valence-corrected chi connectivity index (χ4v) is 3.63. The largest absolute Gasteiger partial charge is 0.349 e. The van der Waals surface area contributed by atoms with Crippen LogP contribution < -0.4 is 5.32 Å². The number of carbonyl (C=O) groups is 1. The molecule has 0 saturated carbocycles. The zero-order valence-electron chi connectivity index (χ0n) is 15.8. The van der Waals surface area contributed by atoms with Gasteiger partial charge in [0.1, 0.15) is 0 Å². The van der Waals surface area contributed by atoms with E-state index >= 15 is 0 Å². The first kappa shape index (κ1) is 19.0. The molecule has 0 spiro atoms. The molecule has 1 saturated heterocycles. The van der Waals surface area contributed by atoms with Gasteiger partial charge in [0, 0.05) is 42.9 Å². The minimum atomic E-state index is -0.449. The number of nitro groups is 1. The van der Waals surface area contributed by atoms with Gasteiger partial charge in [-0.1, -0.05) is 35.9 Å². The summed E-state index contributed by atoms with van der Waals surface area (Å²) in [6, 6.07) is 13.3. The Bertz CT molecular complexity index is 842. The minimum Gasteiger partial charge on any atom is -0.349 e. The van der Waals surface area contributed by atoms with Crippen LogP contribution in [0.15, 0.2) is 42.5 Å². The summed E-state index contributed by atoms with van der Waals surface area (Å²) in [6.07, 6.45) is 1.76. The maximum Gasteiger partial charge on any atom is 0.273 e. The fraction of sp³-hybridized carbons (Fsp3) is 0.381. The standard InChI is InChI=1S/C21H25N3O3/c1-15-5-3-6-17(13-15)14-23-11-9-18(10-12-23)22-21(25)19-7-4-8-20(16(19)2)24(26)27/h3-8,13,18H,9-12,14H2,1-2H3,(H,22,25). The van der Waals surface area contributed by atoms with E-state index in [4.69, 9.17) is 0 Å². The summed E-state index contributed by atoms with van der Waals surface area (Å²) >= 11 is 0. The fourth-order valence-electron chi connectivity index (χ4n) is 3.63. The number of piperidine rings is 1. The van der Waals surface area contributed by atoms with Crippen molar-refractivity contribution in [2.75, 3.05) is 13.1 Å². The maximum absolute atomic E-state index is 12.6. The Balaban J connectivity index is 1.55. The van der Waals surface area contributed by atoms with Crippen molar-refractivity contribution in [3.63, 3.8) is 0 Å². The second-order valence-corrected chi connectivity index (χ2v) is 7.22. The second-order valence-electron chi connectivity index (χ2n) is 7.22. The average molecular weight is 367 g/mol. The van der Waals surface area contributed by atoms with Gasteiger partial charge in [-0.05, 0) is 38.3 Å². The van der Waals surface area contributed by atoms with Crippen LogP contribution in [0.1, 0.15) is 39.9 Å². The molecule has 6 heteroatoms. The Hall–Kier alpha value is -2.73. The quantitative estimate of drug-likeness (QED) is 0.647. The molecule has 27 heavy (non-hydrogen) atoms. The minimum absolute atomic E-state index is 0.0179. The van der Waals surface area contributed by atoms with Crippen molar-refractivity contribution >= 4 is 11.6 Å². The van der Waals surface area contributed by atoms with Gasteiger partial charge in [0.05, 0.1) is 4.92 Å². The molecule has 6 nitrogen and oxygen atoms in total. The van der Waals surface area contributed by atoms with Gasteiger partial charge in [0.2, 0.25) is 0 Å². The van der Waals surface area contributed by atoms with Gasteiger partial charge in [0.25, 0.3) is 11.6 Å². The number of carbonyl (C=O) groups excluding carboxylic acids is 1. The highest BCUT2D eigenvalue weighted by Gasteiger charge is 2.23. The Kier molecular flexibility index (Phi) is 5.86. The number of amides is 1. The van der Waals surface area contributed by atoms with Gasteiger partial charge in [-0.2, -0.15) is 0 Å². The van der Waals surface area contributed by atoms with Gasteiger partial charge >= 0.3 is 0 Å². The van der Waals surface area contributed by atoms with E-state index in [1.807, 2.05) is 0 Å². The van der Waals surface area contributed by atoms with Gasteiger partial charge in [0.15, 0.2) is 0 Å². The molecule has 0 bridgehead atoms. The van der Waals surface area contributed by atoms with E-state index < -0.39 is 4.92 Å². The molecule has 142 valence electrons. The molecule has 0 atom stereocenters. The van der Waals surface area contributed by atoms with Crippen molar-refractivity contribution in [2.45, 2.75) is 39.3 Å². The number of rotatable bonds is 5. The number of hydrogen-bond acceptors (Lipinski definition) is 4. The zero-order chi connectivity index (χ0) is 19.4. The van der Waals surface area contributed by atoms with Crippen molar-refractivity contribution in [1.29, 1.82) is 0 Å². The number of benzene rings is 2. The Morgan fingerprint density at radius 1 is 1.19 bits per heavy atom. The second kappa shape index (κ2) is 8.31. The van der Waals surface area contributed by atoms with Crippen LogP contribution in [-0.4, -0.2) is 34.9 Å². The first-order valence-corrected chi connectivity index (χ1v) is 9.27. The topological polar surface area (TPSA) is 75.5 Å². The smallest absolute Gasteiger partial charge is 0.273 e. The lowest BCUT2D eigenvalue weighted by Crippen LogP contribution is -2.44. The third-order valence-electron chi connectivity index (χ3n) is 5.16. The summed E-state index contributed by atoms with van der Waals surface area (Å²) in [5, 5.41) is 14.1. The van der Waals surface area contributed by atoms with Crippen molar-refractivity contribution in [3.8, 4) is 0 Å². The lowest BCUT2D eigenvalue weighted by atomic mass is 10.0. The van der Waals surface area contributed by atoms with Crippen LogP contribution in [0.25, 0.3) is 0 Å². The molecule has 3 rings (SSSR count). The molecule has 1 fully saturated rings. The maximum atomic E-state index is 12.6. The first-order valence-electron chi connectivity index (χ1n) is 9.27. The van der Waals surface area contributed by atoms with Crippen molar-refractivity contribution in [3.05, 3.63) is 74.8 Å². The molecule has 0 radical (unpaired) electrons. The molecular formula is C21H25N3O3. The van der Waals surface area contributed by atoms with E-state index in [-0.39, 0.29) is 17.6 Å². The van der Waals surface area contributed by atoms with Gasteiger partial charge in [-0.25, -0.2) is 0 Å². The lowest BCUT2D eigenvalue weighted by Gasteiger charge is -2.32. The number of aryl methyl sites for hydroxylation is 1. The SMILES string of the molecule is Cc1cccc(CN2CCC(NC(=O)c3cccc([N+](=O)[O-])c3C)CC2)c1.